The highest BCUT2D eigenvalue weighted by molar-refractivity contribution is 5.98. The number of nitrogens with one attached hydrogen (secondary N) is 1. The van der Waals surface area contributed by atoms with Gasteiger partial charge < -0.3 is 14.8 Å². The van der Waals surface area contributed by atoms with Gasteiger partial charge in [-0.3, -0.25) is 0 Å². The van der Waals surface area contributed by atoms with Crippen molar-refractivity contribution in [1.82, 2.24) is 0 Å². The highest BCUT2D eigenvalue weighted by Crippen LogP contribution is 2.26. The van der Waals surface area contributed by atoms with Crippen LogP contribution < -0.4 is 10.1 Å². The molecule has 0 aliphatic carbocycles. The molecule has 0 unspecified atom stereocenters. The number of ether oxygens (including phenoxy) is 2. The highest BCUT2D eigenvalue weighted by Gasteiger charge is 2.15. The van der Waals surface area contributed by atoms with Crippen LogP contribution in [0.15, 0.2) is 47.5 Å². The van der Waals surface area contributed by atoms with Gasteiger partial charge in [-0.05, 0) is 75.6 Å². The van der Waals surface area contributed by atoms with Gasteiger partial charge in [0.2, 0.25) is 0 Å². The second-order valence-electron chi connectivity index (χ2n) is 6.83. The Labute approximate surface area is 188 Å². The first-order valence-corrected chi connectivity index (χ1v) is 10.8. The van der Waals surface area contributed by atoms with E-state index in [1.165, 1.54) is 18.2 Å². The standard InChI is InChI=1S/C24H30N2O3.C2H6.H2/c1-7-9-22(26-18(5)25-20-13-16(3)12-17(4)14-20)19-10-11-23(29-8-2)21(15-19)24(27)28-6;1-2;/h9-15H,7-8H2,1-6H3,(H,25,26);1-2H3;1H/b22-9-;;. The summed E-state index contributed by atoms with van der Waals surface area (Å²) in [6, 6.07) is 11.8. The van der Waals surface area contributed by atoms with Crippen molar-refractivity contribution in [3.8, 4) is 5.75 Å². The number of amidine groups is 1. The predicted octanol–water partition coefficient (Wildman–Crippen LogP) is 7.04. The quantitative estimate of drug-likeness (QED) is 0.293. The van der Waals surface area contributed by atoms with Gasteiger partial charge in [-0.1, -0.05) is 32.9 Å². The predicted molar refractivity (Wildman–Crippen MR) is 133 cm³/mol. The Morgan fingerprint density at radius 1 is 1.10 bits per heavy atom. The first kappa shape index (κ1) is 26.0. The molecule has 2 aromatic carbocycles. The minimum atomic E-state index is -0.430. The Morgan fingerprint density at radius 2 is 1.74 bits per heavy atom. The largest absolute Gasteiger partial charge is 0.493 e. The van der Waals surface area contributed by atoms with Crippen LogP contribution in [0.2, 0.25) is 0 Å². The zero-order chi connectivity index (χ0) is 23.4. The number of aryl methyl sites for hydroxylation is 2. The lowest BCUT2D eigenvalue weighted by Gasteiger charge is -2.13. The summed E-state index contributed by atoms with van der Waals surface area (Å²) >= 11 is 0. The number of benzene rings is 2. The molecule has 1 N–H and O–H groups in total. The van der Waals surface area contributed by atoms with Crippen LogP contribution in [-0.2, 0) is 4.74 Å². The van der Waals surface area contributed by atoms with Gasteiger partial charge >= 0.3 is 5.97 Å². The first-order chi connectivity index (χ1) is 14.9. The van der Waals surface area contributed by atoms with Gasteiger partial charge in [-0.25, -0.2) is 9.79 Å². The minimum absolute atomic E-state index is 0. The maximum atomic E-state index is 12.2. The molecule has 0 radical (unpaired) electrons. The lowest BCUT2D eigenvalue weighted by Crippen LogP contribution is -2.09. The number of carbonyl (C=O) groups is 1. The zero-order valence-corrected chi connectivity index (χ0v) is 20.1. The van der Waals surface area contributed by atoms with Gasteiger partial charge in [0.05, 0.1) is 19.4 Å². The summed E-state index contributed by atoms with van der Waals surface area (Å²) < 4.78 is 10.5. The van der Waals surface area contributed by atoms with Gasteiger partial charge in [-0.15, -0.1) is 0 Å². The number of hydrogen-bond acceptors (Lipinski definition) is 4. The Balaban J connectivity index is 0.00000311. The van der Waals surface area contributed by atoms with Crippen molar-refractivity contribution in [3.05, 3.63) is 64.7 Å². The molecule has 0 aliphatic heterocycles. The number of hydrogen-bond donors (Lipinski definition) is 1. The molecular formula is C26H38N2O3. The molecule has 2 rings (SSSR count). The maximum absolute atomic E-state index is 12.2. The van der Waals surface area contributed by atoms with Crippen molar-refractivity contribution >= 4 is 23.2 Å². The maximum Gasteiger partial charge on any atom is 0.341 e. The molecule has 0 bridgehead atoms. The second-order valence-corrected chi connectivity index (χ2v) is 6.83. The Hall–Kier alpha value is -3.08. The molecule has 0 fully saturated rings. The number of esters is 1. The Bertz CT molecular complexity index is 916. The molecule has 0 heterocycles. The van der Waals surface area contributed by atoms with E-state index in [1.807, 2.05) is 39.8 Å². The van der Waals surface area contributed by atoms with E-state index < -0.39 is 5.97 Å². The lowest BCUT2D eigenvalue weighted by atomic mass is 10.1. The number of methoxy groups -OCH3 is 1. The average molecular weight is 427 g/mol. The number of rotatable bonds is 7. The summed E-state index contributed by atoms with van der Waals surface area (Å²) in [6.45, 7) is 14.5. The highest BCUT2D eigenvalue weighted by atomic mass is 16.5. The van der Waals surface area contributed by atoms with Crippen LogP contribution in [0.5, 0.6) is 5.75 Å². The van der Waals surface area contributed by atoms with Crippen LogP contribution in [0.1, 0.15) is 69.5 Å². The second kappa shape index (κ2) is 13.3. The minimum Gasteiger partial charge on any atom is -0.493 e. The summed E-state index contributed by atoms with van der Waals surface area (Å²) in [7, 11) is 1.36. The summed E-state index contributed by atoms with van der Waals surface area (Å²) in [5, 5.41) is 3.36. The van der Waals surface area contributed by atoms with Crippen molar-refractivity contribution < 1.29 is 15.7 Å². The molecule has 2 aromatic rings. The van der Waals surface area contributed by atoms with E-state index in [4.69, 9.17) is 14.5 Å². The van der Waals surface area contributed by atoms with Gasteiger partial charge in [0, 0.05) is 12.7 Å². The fourth-order valence-corrected chi connectivity index (χ4v) is 3.13. The number of carbonyl (C=O) groups excluding carboxylic acids is 1. The number of allylic oxidation sites excluding steroid dienone is 1. The van der Waals surface area contributed by atoms with Gasteiger partial charge in [-0.2, -0.15) is 0 Å². The lowest BCUT2D eigenvalue weighted by molar-refractivity contribution is 0.0596. The molecular weight excluding hydrogens is 388 g/mol. The smallest absolute Gasteiger partial charge is 0.341 e. The molecule has 31 heavy (non-hydrogen) atoms. The molecule has 0 aromatic heterocycles. The van der Waals surface area contributed by atoms with Crippen molar-refractivity contribution in [2.24, 2.45) is 4.99 Å². The Kier molecular flexibility index (Phi) is 11.1. The van der Waals surface area contributed by atoms with Crippen LogP contribution in [0.3, 0.4) is 0 Å². The molecule has 0 saturated carbocycles. The van der Waals surface area contributed by atoms with E-state index in [9.17, 15) is 4.79 Å². The van der Waals surface area contributed by atoms with Crippen molar-refractivity contribution in [3.63, 3.8) is 0 Å². The van der Waals surface area contributed by atoms with E-state index in [0.717, 1.165) is 29.2 Å². The average Bonchev–Trinajstić information content (AvgIpc) is 2.74. The van der Waals surface area contributed by atoms with Gasteiger partial charge in [0.15, 0.2) is 0 Å². The van der Waals surface area contributed by atoms with Crippen LogP contribution in [0.4, 0.5) is 5.69 Å². The third-order valence-corrected chi connectivity index (χ3v) is 4.21. The fraction of sp³-hybridized carbons (Fsp3) is 0.385. The third-order valence-electron chi connectivity index (χ3n) is 4.21. The van der Waals surface area contributed by atoms with Crippen molar-refractivity contribution in [2.45, 2.75) is 54.9 Å². The summed E-state index contributed by atoms with van der Waals surface area (Å²) in [5.41, 5.74) is 5.40. The molecule has 170 valence electrons. The van der Waals surface area contributed by atoms with Crippen LogP contribution in [0, 0.1) is 13.8 Å². The molecule has 0 aliphatic rings. The van der Waals surface area contributed by atoms with Gasteiger partial charge in [0.25, 0.3) is 0 Å². The molecule has 0 atom stereocenters. The normalized spacial score (nSPS) is 11.4. The molecule has 5 nitrogen and oxygen atoms in total. The first-order valence-electron chi connectivity index (χ1n) is 10.8. The van der Waals surface area contributed by atoms with E-state index in [1.54, 1.807) is 12.1 Å². The summed E-state index contributed by atoms with van der Waals surface area (Å²) in [4.78, 5) is 17.0. The van der Waals surface area contributed by atoms with E-state index >= 15 is 0 Å². The fourth-order valence-electron chi connectivity index (χ4n) is 3.13. The molecule has 5 heteroatoms. The van der Waals surface area contributed by atoms with Crippen molar-refractivity contribution in [1.29, 1.82) is 0 Å². The van der Waals surface area contributed by atoms with E-state index in [0.29, 0.717) is 17.9 Å². The summed E-state index contributed by atoms with van der Waals surface area (Å²) in [6.07, 6.45) is 2.85. The molecule has 0 amide bonds. The third kappa shape index (κ3) is 7.93. The van der Waals surface area contributed by atoms with Crippen LogP contribution in [0.25, 0.3) is 5.70 Å². The van der Waals surface area contributed by atoms with Crippen LogP contribution in [-0.4, -0.2) is 25.5 Å². The summed E-state index contributed by atoms with van der Waals surface area (Å²) in [5.74, 6) is 0.844. The van der Waals surface area contributed by atoms with E-state index in [2.05, 4.69) is 44.3 Å². The molecule has 0 saturated heterocycles. The topological polar surface area (TPSA) is 59.9 Å². The SMILES string of the molecule is CC.CC/C=C(\N=C(C)Nc1cc(C)cc(C)c1)c1ccc(OCC)c(C(=O)OC)c1.[HH]. The number of nitrogens with zero attached hydrogens (tertiary/aromatic N) is 1. The zero-order valence-electron chi connectivity index (χ0n) is 20.1. The monoisotopic (exact) mass is 426 g/mol. The molecule has 0 spiro atoms. The van der Waals surface area contributed by atoms with Gasteiger partial charge in [0.1, 0.15) is 17.1 Å². The number of aliphatic imine (C=N–C) groups is 1. The number of anilines is 1. The van der Waals surface area contributed by atoms with Crippen LogP contribution >= 0.6 is 0 Å². The Morgan fingerprint density at radius 3 is 2.29 bits per heavy atom. The van der Waals surface area contributed by atoms with Crippen molar-refractivity contribution in [2.75, 3.05) is 19.0 Å². The van der Waals surface area contributed by atoms with E-state index in [-0.39, 0.29) is 1.43 Å².